The molecule has 0 radical (unpaired) electrons. The Morgan fingerprint density at radius 1 is 1.67 bits per heavy atom. The van der Waals surface area contributed by atoms with E-state index < -0.39 is 11.6 Å². The predicted molar refractivity (Wildman–Crippen MR) is 55.6 cm³/mol. The number of carbonyl (C=O) groups is 1. The minimum Gasteiger partial charge on any atom is -0.479 e. The topological polar surface area (TPSA) is 66.8 Å². The highest BCUT2D eigenvalue weighted by atomic mass is 16.5. The molecule has 0 aromatic rings. The molecule has 3 atom stereocenters. The lowest BCUT2D eigenvalue weighted by molar-refractivity contribution is -0.168. The van der Waals surface area contributed by atoms with Crippen molar-refractivity contribution in [2.75, 3.05) is 13.2 Å². The molecular formula is C11H20O4. The Hall–Kier alpha value is -0.610. The van der Waals surface area contributed by atoms with E-state index in [2.05, 4.69) is 0 Å². The Kier molecular flexibility index (Phi) is 4.11. The van der Waals surface area contributed by atoms with E-state index in [-0.39, 0.29) is 11.8 Å². The van der Waals surface area contributed by atoms with Gasteiger partial charge in [0, 0.05) is 19.1 Å². The average molecular weight is 216 g/mol. The molecule has 4 heteroatoms. The Bertz CT molecular complexity index is 223. The predicted octanol–water partition coefficient (Wildman–Crippen LogP) is 1.27. The number of aliphatic carboxylic acids is 1. The number of carboxylic acid groups (broad SMARTS) is 1. The molecule has 1 rings (SSSR count). The first kappa shape index (κ1) is 12.5. The van der Waals surface area contributed by atoms with Crippen molar-refractivity contribution in [3.8, 4) is 0 Å². The number of aliphatic hydroxyl groups is 1. The second-order valence-corrected chi connectivity index (χ2v) is 4.39. The smallest absolute Gasteiger partial charge is 0.335 e. The van der Waals surface area contributed by atoms with Crippen LogP contribution in [0.2, 0.25) is 0 Å². The van der Waals surface area contributed by atoms with Crippen molar-refractivity contribution < 1.29 is 19.7 Å². The lowest BCUT2D eigenvalue weighted by Crippen LogP contribution is -2.47. The molecule has 0 saturated carbocycles. The van der Waals surface area contributed by atoms with E-state index >= 15 is 0 Å². The van der Waals surface area contributed by atoms with Gasteiger partial charge in [-0.2, -0.15) is 0 Å². The van der Waals surface area contributed by atoms with E-state index in [9.17, 15) is 9.90 Å². The Morgan fingerprint density at radius 2 is 2.33 bits per heavy atom. The first-order valence-electron chi connectivity index (χ1n) is 5.56. The van der Waals surface area contributed by atoms with Crippen LogP contribution in [0, 0.1) is 11.8 Å². The van der Waals surface area contributed by atoms with Gasteiger partial charge in [-0.25, -0.2) is 4.79 Å². The van der Waals surface area contributed by atoms with Crippen LogP contribution in [0.15, 0.2) is 0 Å². The average Bonchev–Trinajstić information content (AvgIpc) is 2.69. The van der Waals surface area contributed by atoms with Gasteiger partial charge in [0.2, 0.25) is 0 Å². The molecule has 4 nitrogen and oxygen atoms in total. The van der Waals surface area contributed by atoms with Crippen molar-refractivity contribution in [1.29, 1.82) is 0 Å². The molecule has 0 aromatic carbocycles. The van der Waals surface area contributed by atoms with E-state index in [1.165, 1.54) is 0 Å². The quantitative estimate of drug-likeness (QED) is 0.726. The van der Waals surface area contributed by atoms with Crippen LogP contribution in [0.25, 0.3) is 0 Å². The van der Waals surface area contributed by atoms with E-state index in [4.69, 9.17) is 9.84 Å². The molecule has 1 aliphatic rings. The maximum atomic E-state index is 11.1. The van der Waals surface area contributed by atoms with Crippen LogP contribution in [0.1, 0.15) is 33.1 Å². The summed E-state index contributed by atoms with van der Waals surface area (Å²) in [4.78, 5) is 11.1. The molecule has 15 heavy (non-hydrogen) atoms. The summed E-state index contributed by atoms with van der Waals surface area (Å²) in [5.41, 5.74) is -1.59. The summed E-state index contributed by atoms with van der Waals surface area (Å²) < 4.78 is 5.23. The summed E-state index contributed by atoms with van der Waals surface area (Å²) in [5.74, 6) is -1.20. The van der Waals surface area contributed by atoms with Gasteiger partial charge in [-0.15, -0.1) is 0 Å². The molecule has 1 heterocycles. The summed E-state index contributed by atoms with van der Waals surface area (Å²) >= 11 is 0. The van der Waals surface area contributed by atoms with Crippen LogP contribution >= 0.6 is 0 Å². The van der Waals surface area contributed by atoms with Crippen molar-refractivity contribution in [3.63, 3.8) is 0 Å². The molecule has 0 bridgehead atoms. The van der Waals surface area contributed by atoms with Crippen molar-refractivity contribution in [2.24, 2.45) is 11.8 Å². The highest BCUT2D eigenvalue weighted by Gasteiger charge is 2.45. The standard InChI is InChI=1S/C11H20O4/c1-3-5-11(14,10(12)13)8(2)9-4-6-15-7-9/h8-9,14H,3-7H2,1-2H3,(H,12,13). The third kappa shape index (κ3) is 2.49. The van der Waals surface area contributed by atoms with Gasteiger partial charge in [0.1, 0.15) is 0 Å². The van der Waals surface area contributed by atoms with Crippen LogP contribution in [0.4, 0.5) is 0 Å². The van der Waals surface area contributed by atoms with Crippen molar-refractivity contribution >= 4 is 5.97 Å². The Morgan fingerprint density at radius 3 is 2.73 bits per heavy atom. The number of hydrogen-bond donors (Lipinski definition) is 2. The lowest BCUT2D eigenvalue weighted by atomic mass is 9.76. The third-order valence-corrected chi connectivity index (χ3v) is 3.43. The molecule has 0 aromatic heterocycles. The third-order valence-electron chi connectivity index (χ3n) is 3.43. The normalized spacial score (nSPS) is 27.3. The monoisotopic (exact) mass is 216 g/mol. The molecule has 1 fully saturated rings. The summed E-state index contributed by atoms with van der Waals surface area (Å²) in [7, 11) is 0. The maximum Gasteiger partial charge on any atom is 0.335 e. The minimum atomic E-state index is -1.59. The zero-order valence-electron chi connectivity index (χ0n) is 9.40. The lowest BCUT2D eigenvalue weighted by Gasteiger charge is -2.33. The van der Waals surface area contributed by atoms with Crippen molar-refractivity contribution in [3.05, 3.63) is 0 Å². The van der Waals surface area contributed by atoms with Gasteiger partial charge in [0.05, 0.1) is 0 Å². The van der Waals surface area contributed by atoms with Gasteiger partial charge < -0.3 is 14.9 Å². The molecular weight excluding hydrogens is 196 g/mol. The fourth-order valence-corrected chi connectivity index (χ4v) is 2.25. The summed E-state index contributed by atoms with van der Waals surface area (Å²) in [5, 5.41) is 19.3. The van der Waals surface area contributed by atoms with Crippen LogP contribution in [-0.4, -0.2) is 35.0 Å². The van der Waals surface area contributed by atoms with Gasteiger partial charge >= 0.3 is 5.97 Å². The number of hydrogen-bond acceptors (Lipinski definition) is 3. The molecule has 1 saturated heterocycles. The summed E-state index contributed by atoms with van der Waals surface area (Å²) in [6, 6.07) is 0. The zero-order chi connectivity index (χ0) is 11.5. The van der Waals surface area contributed by atoms with Crippen LogP contribution in [0.5, 0.6) is 0 Å². The molecule has 0 spiro atoms. The molecule has 2 N–H and O–H groups in total. The highest BCUT2D eigenvalue weighted by Crippen LogP contribution is 2.33. The van der Waals surface area contributed by atoms with Gasteiger partial charge in [-0.3, -0.25) is 0 Å². The van der Waals surface area contributed by atoms with Gasteiger partial charge in [-0.05, 0) is 18.8 Å². The van der Waals surface area contributed by atoms with Crippen molar-refractivity contribution in [1.82, 2.24) is 0 Å². The van der Waals surface area contributed by atoms with Crippen LogP contribution < -0.4 is 0 Å². The Balaban J connectivity index is 2.73. The number of carboxylic acids is 1. The van der Waals surface area contributed by atoms with Gasteiger partial charge in [0.25, 0.3) is 0 Å². The Labute approximate surface area is 90.2 Å². The highest BCUT2D eigenvalue weighted by molar-refractivity contribution is 5.77. The second kappa shape index (κ2) is 4.94. The van der Waals surface area contributed by atoms with Gasteiger partial charge in [-0.1, -0.05) is 20.3 Å². The maximum absolute atomic E-state index is 11.1. The zero-order valence-corrected chi connectivity index (χ0v) is 9.40. The summed E-state index contributed by atoms with van der Waals surface area (Å²) in [6.07, 6.45) is 1.82. The van der Waals surface area contributed by atoms with E-state index in [1.807, 2.05) is 13.8 Å². The first-order valence-corrected chi connectivity index (χ1v) is 5.56. The molecule has 1 aliphatic heterocycles. The van der Waals surface area contributed by atoms with Crippen molar-refractivity contribution in [2.45, 2.75) is 38.7 Å². The summed E-state index contributed by atoms with van der Waals surface area (Å²) in [6.45, 7) is 4.94. The second-order valence-electron chi connectivity index (χ2n) is 4.39. The minimum absolute atomic E-state index is 0.164. The fraction of sp³-hybridized carbons (Fsp3) is 0.909. The molecule has 3 unspecified atom stereocenters. The SMILES string of the molecule is CCCC(O)(C(=O)O)C(C)C1CCOC1. The number of ether oxygens (including phenoxy) is 1. The first-order chi connectivity index (χ1) is 7.02. The molecule has 88 valence electrons. The van der Waals surface area contributed by atoms with Gasteiger partial charge in [0.15, 0.2) is 5.60 Å². The van der Waals surface area contributed by atoms with Crippen LogP contribution in [-0.2, 0) is 9.53 Å². The van der Waals surface area contributed by atoms with E-state index in [0.29, 0.717) is 26.1 Å². The van der Waals surface area contributed by atoms with Crippen LogP contribution in [0.3, 0.4) is 0 Å². The molecule has 0 amide bonds. The fourth-order valence-electron chi connectivity index (χ4n) is 2.25. The molecule has 0 aliphatic carbocycles. The number of rotatable bonds is 5. The largest absolute Gasteiger partial charge is 0.479 e. The van der Waals surface area contributed by atoms with E-state index in [0.717, 1.165) is 6.42 Å². The van der Waals surface area contributed by atoms with E-state index in [1.54, 1.807) is 0 Å².